The molecule has 2 aliphatic heterocycles. The lowest BCUT2D eigenvalue weighted by molar-refractivity contribution is 0.0501. The molecular weight excluding hydrogens is 416 g/mol. The van der Waals surface area contributed by atoms with Crippen molar-refractivity contribution in [3.05, 3.63) is 82.7 Å². The van der Waals surface area contributed by atoms with Crippen LogP contribution >= 0.6 is 0 Å². The first-order chi connectivity index (χ1) is 16.0. The van der Waals surface area contributed by atoms with E-state index in [0.717, 1.165) is 30.6 Å². The van der Waals surface area contributed by atoms with Crippen molar-refractivity contribution in [2.45, 2.75) is 25.5 Å². The van der Waals surface area contributed by atoms with Crippen molar-refractivity contribution in [1.82, 2.24) is 19.6 Å². The molecule has 0 saturated heterocycles. The zero-order valence-corrected chi connectivity index (χ0v) is 19.0. The highest BCUT2D eigenvalue weighted by atomic mass is 16.5. The zero-order valence-electron chi connectivity index (χ0n) is 19.0. The van der Waals surface area contributed by atoms with Gasteiger partial charge in [0.05, 0.1) is 24.4 Å². The SMILES string of the molecule is Cn1cc(Cc2ccc3c(c2)C(=O)N(C[C@H](O)CN2CCc4ccccc4C2)CCO3)cn1. The number of hydrogen-bond acceptors (Lipinski definition) is 5. The van der Waals surface area contributed by atoms with Gasteiger partial charge in [-0.15, -0.1) is 0 Å². The molecule has 33 heavy (non-hydrogen) atoms. The topological polar surface area (TPSA) is 70.8 Å². The van der Waals surface area contributed by atoms with E-state index in [9.17, 15) is 9.90 Å². The third kappa shape index (κ3) is 4.94. The fourth-order valence-electron chi connectivity index (χ4n) is 4.81. The number of amides is 1. The Morgan fingerprint density at radius 3 is 2.76 bits per heavy atom. The molecule has 3 aromatic rings. The lowest BCUT2D eigenvalue weighted by atomic mass is 10.00. The second kappa shape index (κ2) is 9.37. The summed E-state index contributed by atoms with van der Waals surface area (Å²) in [4.78, 5) is 17.3. The summed E-state index contributed by atoms with van der Waals surface area (Å²) in [6.07, 6.45) is 4.90. The van der Waals surface area contributed by atoms with E-state index in [2.05, 4.69) is 34.3 Å². The molecule has 0 unspecified atom stereocenters. The Morgan fingerprint density at radius 1 is 1.09 bits per heavy atom. The van der Waals surface area contributed by atoms with E-state index < -0.39 is 6.10 Å². The van der Waals surface area contributed by atoms with Gasteiger partial charge in [-0.2, -0.15) is 5.10 Å². The van der Waals surface area contributed by atoms with E-state index in [-0.39, 0.29) is 5.91 Å². The Hall–Kier alpha value is -3.16. The standard InChI is InChI=1S/C26H30N4O3/c1-28-15-20(14-27-28)12-19-6-7-25-24(13-19)26(32)30(10-11-33-25)18-23(31)17-29-9-8-21-4-2-3-5-22(21)16-29/h2-7,13-15,23,31H,8-12,16-18H2,1H3/t23-/m1/s1. The highest BCUT2D eigenvalue weighted by Gasteiger charge is 2.27. The molecule has 0 bridgehead atoms. The molecule has 172 valence electrons. The highest BCUT2D eigenvalue weighted by Crippen LogP contribution is 2.26. The minimum absolute atomic E-state index is 0.0847. The van der Waals surface area contributed by atoms with E-state index in [4.69, 9.17) is 4.74 Å². The number of benzene rings is 2. The third-order valence-corrected chi connectivity index (χ3v) is 6.46. The molecule has 1 amide bonds. The van der Waals surface area contributed by atoms with Crippen molar-refractivity contribution in [3.63, 3.8) is 0 Å². The Labute approximate surface area is 194 Å². The average Bonchev–Trinajstić information content (AvgIpc) is 3.16. The molecule has 0 saturated carbocycles. The fourth-order valence-corrected chi connectivity index (χ4v) is 4.81. The predicted octanol–water partition coefficient (Wildman–Crippen LogP) is 2.26. The minimum Gasteiger partial charge on any atom is -0.491 e. The van der Waals surface area contributed by atoms with Crippen molar-refractivity contribution in [3.8, 4) is 5.75 Å². The second-order valence-corrected chi connectivity index (χ2v) is 9.04. The van der Waals surface area contributed by atoms with Crippen LogP contribution in [0, 0.1) is 0 Å². The Morgan fingerprint density at radius 2 is 1.94 bits per heavy atom. The number of aromatic nitrogens is 2. The maximum Gasteiger partial charge on any atom is 0.257 e. The molecule has 7 nitrogen and oxygen atoms in total. The van der Waals surface area contributed by atoms with Gasteiger partial charge in [0.2, 0.25) is 0 Å². The summed E-state index contributed by atoms with van der Waals surface area (Å²) in [5.41, 5.74) is 5.41. The molecule has 1 atom stereocenters. The molecule has 1 N–H and O–H groups in total. The van der Waals surface area contributed by atoms with Crippen molar-refractivity contribution < 1.29 is 14.6 Å². The number of carbonyl (C=O) groups is 1. The van der Waals surface area contributed by atoms with E-state index in [0.29, 0.717) is 44.0 Å². The molecule has 2 aromatic carbocycles. The van der Waals surface area contributed by atoms with Gasteiger partial charge in [-0.05, 0) is 40.8 Å². The minimum atomic E-state index is -0.612. The Kier molecular flexibility index (Phi) is 6.15. The first-order valence-corrected chi connectivity index (χ1v) is 11.5. The molecule has 0 fully saturated rings. The number of β-amino-alcohol motifs (C(OH)–C–C–N with tert-alkyl or cyclic N) is 1. The van der Waals surface area contributed by atoms with Crippen molar-refractivity contribution in [2.24, 2.45) is 7.05 Å². The number of rotatable bonds is 6. The number of aliphatic hydroxyl groups is 1. The number of hydrogen-bond donors (Lipinski definition) is 1. The van der Waals surface area contributed by atoms with Crippen LogP contribution in [0.15, 0.2) is 54.9 Å². The highest BCUT2D eigenvalue weighted by molar-refractivity contribution is 5.97. The lowest BCUT2D eigenvalue weighted by Gasteiger charge is -2.32. The molecular formula is C26H30N4O3. The summed E-state index contributed by atoms with van der Waals surface area (Å²) in [5, 5.41) is 15.0. The summed E-state index contributed by atoms with van der Waals surface area (Å²) in [5.74, 6) is 0.526. The molecule has 3 heterocycles. The first kappa shape index (κ1) is 21.7. The quantitative estimate of drug-likeness (QED) is 0.629. The first-order valence-electron chi connectivity index (χ1n) is 11.5. The van der Waals surface area contributed by atoms with E-state index in [1.807, 2.05) is 37.6 Å². The van der Waals surface area contributed by atoms with Crippen LogP contribution in [0.5, 0.6) is 5.75 Å². The molecule has 0 radical (unpaired) electrons. The van der Waals surface area contributed by atoms with Crippen LogP contribution in [-0.2, 0) is 26.4 Å². The van der Waals surface area contributed by atoms with Crippen LogP contribution < -0.4 is 4.74 Å². The van der Waals surface area contributed by atoms with Gasteiger partial charge in [0, 0.05) is 45.8 Å². The maximum absolute atomic E-state index is 13.3. The number of ether oxygens (including phenoxy) is 1. The van der Waals surface area contributed by atoms with Gasteiger partial charge in [-0.25, -0.2) is 0 Å². The molecule has 2 aliphatic rings. The summed E-state index contributed by atoms with van der Waals surface area (Å²) >= 11 is 0. The monoisotopic (exact) mass is 446 g/mol. The third-order valence-electron chi connectivity index (χ3n) is 6.46. The number of carbonyl (C=O) groups excluding carboxylic acids is 1. The number of aryl methyl sites for hydroxylation is 1. The number of aliphatic hydroxyl groups excluding tert-OH is 1. The molecule has 1 aromatic heterocycles. The van der Waals surface area contributed by atoms with Gasteiger partial charge in [0.15, 0.2) is 0 Å². The van der Waals surface area contributed by atoms with Crippen LogP contribution in [0.3, 0.4) is 0 Å². The van der Waals surface area contributed by atoms with Gasteiger partial charge in [-0.3, -0.25) is 14.4 Å². The van der Waals surface area contributed by atoms with Crippen LogP contribution in [0.25, 0.3) is 0 Å². The summed E-state index contributed by atoms with van der Waals surface area (Å²) < 4.78 is 7.63. The summed E-state index contributed by atoms with van der Waals surface area (Å²) in [6.45, 7) is 3.49. The van der Waals surface area contributed by atoms with E-state index in [1.165, 1.54) is 11.1 Å². The summed E-state index contributed by atoms with van der Waals surface area (Å²) in [7, 11) is 1.89. The second-order valence-electron chi connectivity index (χ2n) is 9.04. The van der Waals surface area contributed by atoms with Crippen LogP contribution in [0.1, 0.15) is 32.6 Å². The molecule has 0 spiro atoms. The van der Waals surface area contributed by atoms with Crippen molar-refractivity contribution in [1.29, 1.82) is 0 Å². The van der Waals surface area contributed by atoms with Crippen LogP contribution in [-0.4, -0.2) is 69.5 Å². The molecule has 0 aliphatic carbocycles. The predicted molar refractivity (Wildman–Crippen MR) is 125 cm³/mol. The van der Waals surface area contributed by atoms with Crippen LogP contribution in [0.2, 0.25) is 0 Å². The van der Waals surface area contributed by atoms with Gasteiger partial charge < -0.3 is 14.7 Å². The van der Waals surface area contributed by atoms with Gasteiger partial charge in [0.25, 0.3) is 5.91 Å². The Balaban J connectivity index is 1.24. The Bertz CT molecular complexity index is 1140. The number of fused-ring (bicyclic) bond motifs is 2. The molecule has 5 rings (SSSR count). The van der Waals surface area contributed by atoms with E-state index in [1.54, 1.807) is 9.58 Å². The lowest BCUT2D eigenvalue weighted by Crippen LogP contribution is -2.44. The smallest absolute Gasteiger partial charge is 0.257 e. The largest absolute Gasteiger partial charge is 0.491 e. The van der Waals surface area contributed by atoms with Gasteiger partial charge >= 0.3 is 0 Å². The maximum atomic E-state index is 13.3. The molecule has 7 heteroatoms. The van der Waals surface area contributed by atoms with Crippen molar-refractivity contribution in [2.75, 3.05) is 32.8 Å². The zero-order chi connectivity index (χ0) is 22.8. The van der Waals surface area contributed by atoms with E-state index >= 15 is 0 Å². The van der Waals surface area contributed by atoms with Gasteiger partial charge in [-0.1, -0.05) is 30.3 Å². The summed E-state index contributed by atoms with van der Waals surface area (Å²) in [6, 6.07) is 14.3. The number of nitrogens with zero attached hydrogens (tertiary/aromatic N) is 4. The van der Waals surface area contributed by atoms with Crippen LogP contribution in [0.4, 0.5) is 0 Å². The van der Waals surface area contributed by atoms with Gasteiger partial charge in [0.1, 0.15) is 12.4 Å². The normalized spacial score (nSPS) is 17.2. The average molecular weight is 447 g/mol. The van der Waals surface area contributed by atoms with Crippen molar-refractivity contribution >= 4 is 5.91 Å². The fraction of sp³-hybridized carbons (Fsp3) is 0.385.